The number of nitrogens with zero attached hydrogens (tertiary/aromatic N) is 1. The van der Waals surface area contributed by atoms with Crippen LogP contribution >= 0.6 is 0 Å². The average Bonchev–Trinajstić information content (AvgIpc) is 3.09. The minimum Gasteiger partial charge on any atom is -0.423 e. The van der Waals surface area contributed by atoms with Crippen molar-refractivity contribution in [2.75, 3.05) is 19.7 Å². The molecule has 1 heterocycles. The second kappa shape index (κ2) is 8.64. The van der Waals surface area contributed by atoms with Gasteiger partial charge in [-0.05, 0) is 93.1 Å². The Labute approximate surface area is 180 Å². The Morgan fingerprint density at radius 1 is 1.27 bits per heavy atom. The molecule has 3 unspecified atom stereocenters. The first-order chi connectivity index (χ1) is 14.4. The molecule has 6 heteroatoms. The molecular formula is C24H36BNO4. The standard InChI is InChI=1S/C24H36BNO4/c1-4-26(5-2)22(27)11-7-17-15-30-24(3)13-12-20-19-10-8-18(25(28)29)14-16(19)6-9-21(20)23(17)24/h8,10,14,17,20-21,23,28-29H,4-7,9,11-13,15H2,1-3H3/t17-,20?,21?,23?,24+/m1/s1. The predicted octanol–water partition coefficient (Wildman–Crippen LogP) is 2.48. The molecule has 30 heavy (non-hydrogen) atoms. The summed E-state index contributed by atoms with van der Waals surface area (Å²) < 4.78 is 6.40. The molecule has 1 aromatic carbocycles. The highest BCUT2D eigenvalue weighted by Crippen LogP contribution is 2.58. The van der Waals surface area contributed by atoms with Crippen LogP contribution in [0.2, 0.25) is 0 Å². The average molecular weight is 413 g/mol. The van der Waals surface area contributed by atoms with Gasteiger partial charge in [-0.3, -0.25) is 4.79 Å². The molecule has 4 rings (SSSR count). The number of ether oxygens (including phenoxy) is 1. The highest BCUT2D eigenvalue weighted by molar-refractivity contribution is 6.58. The Bertz CT molecular complexity index is 780. The Morgan fingerprint density at radius 2 is 2.03 bits per heavy atom. The van der Waals surface area contributed by atoms with E-state index in [1.54, 1.807) is 0 Å². The monoisotopic (exact) mass is 413 g/mol. The molecule has 0 spiro atoms. The molecule has 2 aliphatic carbocycles. The summed E-state index contributed by atoms with van der Waals surface area (Å²) in [5, 5.41) is 19.1. The third-order valence-electron chi connectivity index (χ3n) is 8.23. The zero-order valence-electron chi connectivity index (χ0n) is 18.6. The van der Waals surface area contributed by atoms with Crippen molar-refractivity contribution in [1.29, 1.82) is 0 Å². The molecule has 3 aliphatic rings. The van der Waals surface area contributed by atoms with E-state index in [2.05, 4.69) is 13.0 Å². The molecule has 1 saturated heterocycles. The Morgan fingerprint density at radius 3 is 2.73 bits per heavy atom. The molecule has 1 aromatic rings. The summed E-state index contributed by atoms with van der Waals surface area (Å²) >= 11 is 0. The molecular weight excluding hydrogens is 377 g/mol. The fourth-order valence-electron chi connectivity index (χ4n) is 6.70. The summed E-state index contributed by atoms with van der Waals surface area (Å²) in [4.78, 5) is 14.5. The van der Waals surface area contributed by atoms with Crippen molar-refractivity contribution >= 4 is 18.5 Å². The number of hydrogen-bond donors (Lipinski definition) is 2. The zero-order chi connectivity index (χ0) is 21.5. The first-order valence-corrected chi connectivity index (χ1v) is 11.8. The topological polar surface area (TPSA) is 70.0 Å². The summed E-state index contributed by atoms with van der Waals surface area (Å²) in [7, 11) is -1.40. The second-order valence-electron chi connectivity index (χ2n) is 9.69. The Balaban J connectivity index is 1.52. The van der Waals surface area contributed by atoms with Crippen LogP contribution in [0.1, 0.15) is 69.9 Å². The molecule has 164 valence electrons. The van der Waals surface area contributed by atoms with Gasteiger partial charge in [0.25, 0.3) is 0 Å². The molecule has 2 N–H and O–H groups in total. The maximum atomic E-state index is 12.6. The molecule has 0 radical (unpaired) electrons. The largest absolute Gasteiger partial charge is 0.488 e. The van der Waals surface area contributed by atoms with Gasteiger partial charge in [0.1, 0.15) is 0 Å². The molecule has 5 atom stereocenters. The van der Waals surface area contributed by atoms with E-state index in [-0.39, 0.29) is 11.5 Å². The fraction of sp³-hybridized carbons (Fsp3) is 0.708. The Kier molecular flexibility index (Phi) is 6.29. The molecule has 5 nitrogen and oxygen atoms in total. The number of hydrogen-bond acceptors (Lipinski definition) is 4. The van der Waals surface area contributed by atoms with Gasteiger partial charge in [-0.15, -0.1) is 0 Å². The fourth-order valence-corrected chi connectivity index (χ4v) is 6.70. The van der Waals surface area contributed by atoms with Gasteiger partial charge >= 0.3 is 7.12 Å². The smallest absolute Gasteiger partial charge is 0.423 e. The lowest BCUT2D eigenvalue weighted by molar-refractivity contribution is -0.131. The van der Waals surface area contributed by atoms with E-state index in [1.165, 1.54) is 11.1 Å². The normalized spacial score (nSPS) is 32.2. The van der Waals surface area contributed by atoms with Crippen molar-refractivity contribution in [3.63, 3.8) is 0 Å². The number of amides is 1. The van der Waals surface area contributed by atoms with Crippen molar-refractivity contribution in [1.82, 2.24) is 4.90 Å². The quantitative estimate of drug-likeness (QED) is 0.704. The first-order valence-electron chi connectivity index (χ1n) is 11.8. The van der Waals surface area contributed by atoms with Crippen molar-refractivity contribution < 1.29 is 19.6 Å². The lowest BCUT2D eigenvalue weighted by atomic mass is 9.56. The van der Waals surface area contributed by atoms with Gasteiger partial charge in [0.2, 0.25) is 5.91 Å². The van der Waals surface area contributed by atoms with Gasteiger partial charge in [-0.25, -0.2) is 0 Å². The van der Waals surface area contributed by atoms with Crippen LogP contribution < -0.4 is 5.46 Å². The molecule has 2 fully saturated rings. The van der Waals surface area contributed by atoms with Gasteiger partial charge in [-0.1, -0.05) is 18.2 Å². The van der Waals surface area contributed by atoms with E-state index >= 15 is 0 Å². The van der Waals surface area contributed by atoms with Gasteiger partial charge in [0, 0.05) is 19.5 Å². The van der Waals surface area contributed by atoms with Crippen molar-refractivity contribution in [2.24, 2.45) is 17.8 Å². The van der Waals surface area contributed by atoms with E-state index in [4.69, 9.17) is 4.74 Å². The van der Waals surface area contributed by atoms with Crippen LogP contribution in [0.5, 0.6) is 0 Å². The number of benzene rings is 1. The van der Waals surface area contributed by atoms with E-state index < -0.39 is 7.12 Å². The maximum absolute atomic E-state index is 12.6. The lowest BCUT2D eigenvalue weighted by Gasteiger charge is -2.49. The van der Waals surface area contributed by atoms with Crippen LogP contribution in [0.25, 0.3) is 0 Å². The van der Waals surface area contributed by atoms with Gasteiger partial charge in [0.15, 0.2) is 0 Å². The summed E-state index contributed by atoms with van der Waals surface area (Å²) in [6.07, 6.45) is 5.82. The first kappa shape index (κ1) is 21.9. The van der Waals surface area contributed by atoms with E-state index in [9.17, 15) is 14.8 Å². The third kappa shape index (κ3) is 3.83. The Hall–Kier alpha value is -1.37. The van der Waals surface area contributed by atoms with Crippen LogP contribution in [0.15, 0.2) is 18.2 Å². The summed E-state index contributed by atoms with van der Waals surface area (Å²) in [6.45, 7) is 8.72. The molecule has 1 amide bonds. The summed E-state index contributed by atoms with van der Waals surface area (Å²) in [5.74, 6) is 2.31. The van der Waals surface area contributed by atoms with Crippen LogP contribution in [-0.4, -0.2) is 53.3 Å². The molecule has 0 bridgehead atoms. The predicted molar refractivity (Wildman–Crippen MR) is 119 cm³/mol. The third-order valence-corrected chi connectivity index (χ3v) is 8.23. The van der Waals surface area contributed by atoms with Crippen molar-refractivity contribution in [3.05, 3.63) is 29.3 Å². The number of fused-ring (bicyclic) bond motifs is 5. The molecule has 1 aliphatic heterocycles. The highest BCUT2D eigenvalue weighted by Gasteiger charge is 2.55. The maximum Gasteiger partial charge on any atom is 0.488 e. The zero-order valence-corrected chi connectivity index (χ0v) is 18.6. The number of carbonyl (C=O) groups is 1. The molecule has 1 saturated carbocycles. The number of rotatable bonds is 6. The minimum absolute atomic E-state index is 0.0666. The second-order valence-corrected chi connectivity index (χ2v) is 9.69. The van der Waals surface area contributed by atoms with Crippen LogP contribution in [0, 0.1) is 17.8 Å². The van der Waals surface area contributed by atoms with Crippen LogP contribution in [-0.2, 0) is 16.0 Å². The van der Waals surface area contributed by atoms with Gasteiger partial charge < -0.3 is 19.7 Å². The lowest BCUT2D eigenvalue weighted by Crippen LogP contribution is -2.47. The van der Waals surface area contributed by atoms with Crippen molar-refractivity contribution in [3.8, 4) is 0 Å². The highest BCUT2D eigenvalue weighted by atomic mass is 16.5. The number of aryl methyl sites for hydroxylation is 1. The summed E-state index contributed by atoms with van der Waals surface area (Å²) in [6, 6.07) is 5.97. The van der Waals surface area contributed by atoms with Crippen LogP contribution in [0.3, 0.4) is 0 Å². The minimum atomic E-state index is -1.40. The van der Waals surface area contributed by atoms with Crippen LogP contribution in [0.4, 0.5) is 0 Å². The number of carbonyl (C=O) groups excluding carboxylic acids is 1. The SMILES string of the molecule is CCN(CC)C(=O)CC[C@@H]1CO[C@@]2(C)CCC3c4ccc(B(O)O)cc4CCC3C12. The summed E-state index contributed by atoms with van der Waals surface area (Å²) in [5.41, 5.74) is 3.19. The van der Waals surface area contributed by atoms with E-state index in [0.29, 0.717) is 35.6 Å². The van der Waals surface area contributed by atoms with Gasteiger partial charge in [0.05, 0.1) is 12.2 Å². The van der Waals surface area contributed by atoms with Gasteiger partial charge in [-0.2, -0.15) is 0 Å². The van der Waals surface area contributed by atoms with E-state index in [1.807, 2.05) is 30.9 Å². The van der Waals surface area contributed by atoms with Crippen molar-refractivity contribution in [2.45, 2.75) is 70.8 Å². The molecule has 0 aromatic heterocycles. The van der Waals surface area contributed by atoms with E-state index in [0.717, 1.165) is 51.8 Å².